The van der Waals surface area contributed by atoms with Gasteiger partial charge in [-0.15, -0.1) is 0 Å². The highest BCUT2D eigenvalue weighted by Gasteiger charge is 2.47. The third-order valence-corrected chi connectivity index (χ3v) is 4.17. The summed E-state index contributed by atoms with van der Waals surface area (Å²) in [6.07, 6.45) is -0.683. The SMILES string of the molecule is COC(=O)[C@@H]1CN(C(=O)OC(C)(C)C)C[C@H]1S(N)(=O)=O. The van der Waals surface area contributed by atoms with Crippen LogP contribution in [-0.2, 0) is 24.3 Å². The molecule has 0 aromatic carbocycles. The minimum absolute atomic E-state index is 0.0946. The van der Waals surface area contributed by atoms with Crippen molar-refractivity contribution in [3.63, 3.8) is 0 Å². The van der Waals surface area contributed by atoms with Crippen molar-refractivity contribution in [3.8, 4) is 0 Å². The fourth-order valence-corrected chi connectivity index (χ4v) is 3.00. The smallest absolute Gasteiger partial charge is 0.410 e. The van der Waals surface area contributed by atoms with Crippen molar-refractivity contribution >= 4 is 22.1 Å². The van der Waals surface area contributed by atoms with Crippen LogP contribution < -0.4 is 5.14 Å². The van der Waals surface area contributed by atoms with Gasteiger partial charge >= 0.3 is 12.1 Å². The van der Waals surface area contributed by atoms with Crippen LogP contribution >= 0.6 is 0 Å². The lowest BCUT2D eigenvalue weighted by Gasteiger charge is -2.24. The van der Waals surface area contributed by atoms with E-state index in [1.54, 1.807) is 20.8 Å². The Morgan fingerprint density at radius 1 is 1.25 bits per heavy atom. The summed E-state index contributed by atoms with van der Waals surface area (Å²) in [6.45, 7) is 4.79. The molecule has 0 saturated carbocycles. The minimum atomic E-state index is -3.97. The topological polar surface area (TPSA) is 116 Å². The lowest BCUT2D eigenvalue weighted by molar-refractivity contribution is -0.144. The van der Waals surface area contributed by atoms with Gasteiger partial charge in [0.2, 0.25) is 10.0 Å². The molecule has 0 unspecified atom stereocenters. The quantitative estimate of drug-likeness (QED) is 0.699. The number of nitrogens with zero attached hydrogens (tertiary/aromatic N) is 1. The van der Waals surface area contributed by atoms with Crippen LogP contribution in [0, 0.1) is 5.92 Å². The van der Waals surface area contributed by atoms with E-state index in [0.717, 1.165) is 12.0 Å². The fraction of sp³-hybridized carbons (Fsp3) is 0.818. The number of likely N-dealkylation sites (tertiary alicyclic amines) is 1. The Morgan fingerprint density at radius 2 is 1.80 bits per heavy atom. The standard InChI is InChI=1S/C11H20N2O6S/c1-11(2,3)19-10(15)13-5-7(9(14)18-4)8(6-13)20(12,16)17/h7-8H,5-6H2,1-4H3,(H2,12,16,17)/t7-,8-/m1/s1. The van der Waals surface area contributed by atoms with E-state index < -0.39 is 38.9 Å². The molecular formula is C11H20N2O6S. The number of ether oxygens (including phenoxy) is 2. The molecule has 20 heavy (non-hydrogen) atoms. The molecule has 1 aliphatic heterocycles. The molecule has 2 atom stereocenters. The molecule has 116 valence electrons. The second kappa shape index (κ2) is 5.57. The number of amides is 1. The van der Waals surface area contributed by atoms with E-state index >= 15 is 0 Å². The second-order valence-corrected chi connectivity index (χ2v) is 7.43. The molecule has 1 heterocycles. The largest absolute Gasteiger partial charge is 0.469 e. The van der Waals surface area contributed by atoms with Crippen molar-refractivity contribution in [1.82, 2.24) is 4.90 Å². The number of hydrogen-bond donors (Lipinski definition) is 1. The maximum absolute atomic E-state index is 11.9. The first kappa shape index (κ1) is 16.7. The molecule has 0 aromatic heterocycles. The van der Waals surface area contributed by atoms with Gasteiger partial charge in [0.1, 0.15) is 10.9 Å². The van der Waals surface area contributed by atoms with Gasteiger partial charge in [-0.2, -0.15) is 0 Å². The molecule has 0 aliphatic carbocycles. The Kier molecular flexibility index (Phi) is 4.65. The van der Waals surface area contributed by atoms with Crippen LogP contribution in [0.5, 0.6) is 0 Å². The summed E-state index contributed by atoms with van der Waals surface area (Å²) in [7, 11) is -2.82. The van der Waals surface area contributed by atoms with E-state index in [4.69, 9.17) is 9.88 Å². The molecule has 0 radical (unpaired) electrons. The summed E-state index contributed by atoms with van der Waals surface area (Å²) < 4.78 is 32.7. The van der Waals surface area contributed by atoms with Gasteiger partial charge in [0.05, 0.1) is 13.0 Å². The van der Waals surface area contributed by atoms with Crippen molar-refractivity contribution in [2.45, 2.75) is 31.6 Å². The van der Waals surface area contributed by atoms with E-state index in [1.165, 1.54) is 0 Å². The first-order chi connectivity index (χ1) is 8.95. The van der Waals surface area contributed by atoms with E-state index in [-0.39, 0.29) is 13.1 Å². The van der Waals surface area contributed by atoms with Gasteiger partial charge in [0.15, 0.2) is 0 Å². The average Bonchev–Trinajstić information content (AvgIpc) is 2.70. The molecule has 8 nitrogen and oxygen atoms in total. The summed E-state index contributed by atoms with van der Waals surface area (Å²) in [6, 6.07) is 0. The lowest BCUT2D eigenvalue weighted by atomic mass is 10.1. The molecule has 2 N–H and O–H groups in total. The Hall–Kier alpha value is -1.35. The predicted molar refractivity (Wildman–Crippen MR) is 70.2 cm³/mol. The Labute approximate surface area is 118 Å². The summed E-state index contributed by atoms with van der Waals surface area (Å²) >= 11 is 0. The number of primary sulfonamides is 1. The molecule has 1 amide bonds. The highest BCUT2D eigenvalue weighted by Crippen LogP contribution is 2.25. The van der Waals surface area contributed by atoms with Crippen LogP contribution in [0.1, 0.15) is 20.8 Å². The van der Waals surface area contributed by atoms with Gasteiger partial charge in [-0.25, -0.2) is 18.4 Å². The normalized spacial score (nSPS) is 23.6. The van der Waals surface area contributed by atoms with Crippen molar-refractivity contribution in [1.29, 1.82) is 0 Å². The predicted octanol–water partition coefficient (Wildman–Crippen LogP) is -0.317. The van der Waals surface area contributed by atoms with Crippen molar-refractivity contribution in [2.24, 2.45) is 11.1 Å². The molecular weight excluding hydrogens is 288 g/mol. The zero-order valence-corrected chi connectivity index (χ0v) is 12.8. The Morgan fingerprint density at radius 3 is 2.20 bits per heavy atom. The van der Waals surface area contributed by atoms with Crippen LogP contribution in [0.4, 0.5) is 4.79 Å². The third-order valence-electron chi connectivity index (χ3n) is 2.84. The van der Waals surface area contributed by atoms with Crippen molar-refractivity contribution in [3.05, 3.63) is 0 Å². The van der Waals surface area contributed by atoms with Crippen LogP contribution in [0.15, 0.2) is 0 Å². The maximum Gasteiger partial charge on any atom is 0.410 e. The number of carbonyl (C=O) groups is 2. The molecule has 0 spiro atoms. The van der Waals surface area contributed by atoms with Gasteiger partial charge < -0.3 is 14.4 Å². The number of carbonyl (C=O) groups excluding carboxylic acids is 2. The van der Waals surface area contributed by atoms with Crippen LogP contribution in [0.25, 0.3) is 0 Å². The molecule has 0 bridgehead atoms. The van der Waals surface area contributed by atoms with E-state index in [0.29, 0.717) is 0 Å². The summed E-state index contributed by atoms with van der Waals surface area (Å²) in [5, 5.41) is 3.92. The van der Waals surface area contributed by atoms with Gasteiger partial charge in [-0.05, 0) is 20.8 Å². The summed E-state index contributed by atoms with van der Waals surface area (Å²) in [5.41, 5.74) is -0.711. The summed E-state index contributed by atoms with van der Waals surface area (Å²) in [5.74, 6) is -1.71. The zero-order valence-electron chi connectivity index (χ0n) is 12.0. The minimum Gasteiger partial charge on any atom is -0.469 e. The van der Waals surface area contributed by atoms with E-state index in [1.807, 2.05) is 0 Å². The van der Waals surface area contributed by atoms with Gasteiger partial charge in [-0.3, -0.25) is 4.79 Å². The highest BCUT2D eigenvalue weighted by atomic mass is 32.2. The molecule has 0 aromatic rings. The summed E-state index contributed by atoms with van der Waals surface area (Å²) in [4.78, 5) is 24.7. The molecule has 1 fully saturated rings. The number of esters is 1. The monoisotopic (exact) mass is 308 g/mol. The Balaban J connectivity index is 2.91. The number of rotatable bonds is 2. The molecule has 1 saturated heterocycles. The fourth-order valence-electron chi connectivity index (χ4n) is 1.96. The van der Waals surface area contributed by atoms with Crippen LogP contribution in [-0.4, -0.2) is 56.4 Å². The first-order valence-corrected chi connectivity index (χ1v) is 7.64. The highest BCUT2D eigenvalue weighted by molar-refractivity contribution is 7.89. The molecule has 1 rings (SSSR count). The average molecular weight is 308 g/mol. The van der Waals surface area contributed by atoms with E-state index in [2.05, 4.69) is 4.74 Å². The maximum atomic E-state index is 11.9. The van der Waals surface area contributed by atoms with Gasteiger partial charge in [0, 0.05) is 13.1 Å². The number of nitrogens with two attached hydrogens (primary N) is 1. The third kappa shape index (κ3) is 4.07. The van der Waals surface area contributed by atoms with Gasteiger partial charge in [-0.1, -0.05) is 0 Å². The molecule has 9 heteroatoms. The van der Waals surface area contributed by atoms with Crippen molar-refractivity contribution < 1.29 is 27.5 Å². The Bertz CT molecular complexity index is 496. The van der Waals surface area contributed by atoms with Crippen LogP contribution in [0.2, 0.25) is 0 Å². The van der Waals surface area contributed by atoms with Crippen LogP contribution in [0.3, 0.4) is 0 Å². The second-order valence-electron chi connectivity index (χ2n) is 5.64. The first-order valence-electron chi connectivity index (χ1n) is 6.03. The lowest BCUT2D eigenvalue weighted by Crippen LogP contribution is -2.39. The number of methoxy groups -OCH3 is 1. The zero-order chi connectivity index (χ0) is 15.7. The number of hydrogen-bond acceptors (Lipinski definition) is 6. The van der Waals surface area contributed by atoms with E-state index in [9.17, 15) is 18.0 Å². The number of sulfonamides is 1. The molecule has 1 aliphatic rings. The van der Waals surface area contributed by atoms with Gasteiger partial charge in [0.25, 0.3) is 0 Å². The van der Waals surface area contributed by atoms with Crippen molar-refractivity contribution in [2.75, 3.05) is 20.2 Å².